The third kappa shape index (κ3) is 4.13. The van der Waals surface area contributed by atoms with Gasteiger partial charge in [0.1, 0.15) is 17.7 Å². The minimum atomic E-state index is -0.727. The van der Waals surface area contributed by atoms with Gasteiger partial charge in [-0.2, -0.15) is 0 Å². The molecule has 0 aliphatic carbocycles. The van der Waals surface area contributed by atoms with E-state index in [2.05, 4.69) is 20.6 Å². The molecule has 0 saturated carbocycles. The lowest BCUT2D eigenvalue weighted by Crippen LogP contribution is -2.34. The van der Waals surface area contributed by atoms with Gasteiger partial charge in [0.15, 0.2) is 17.1 Å². The number of carbonyl (C=O) groups is 2. The predicted molar refractivity (Wildman–Crippen MR) is 96.3 cm³/mol. The number of aromatic nitrogens is 3. The average Bonchev–Trinajstić information content (AvgIpc) is 3.33. The summed E-state index contributed by atoms with van der Waals surface area (Å²) in [5.74, 6) is -0.600. The normalized spacial score (nSPS) is 11.0. The molecule has 3 aromatic heterocycles. The Hall–Kier alpha value is -3.24. The van der Waals surface area contributed by atoms with Gasteiger partial charge in [-0.05, 0) is 18.2 Å². The van der Waals surface area contributed by atoms with Crippen LogP contribution >= 0.6 is 0 Å². The molecule has 27 heavy (non-hydrogen) atoms. The third-order valence-electron chi connectivity index (χ3n) is 3.81. The van der Waals surface area contributed by atoms with Gasteiger partial charge < -0.3 is 25.5 Å². The van der Waals surface area contributed by atoms with E-state index in [1.807, 2.05) is 0 Å². The van der Waals surface area contributed by atoms with E-state index >= 15 is 0 Å². The highest BCUT2D eigenvalue weighted by Gasteiger charge is 2.20. The summed E-state index contributed by atoms with van der Waals surface area (Å²) >= 11 is 0. The molecule has 0 atom stereocenters. The van der Waals surface area contributed by atoms with Crippen molar-refractivity contribution in [2.45, 2.75) is 0 Å². The Morgan fingerprint density at radius 3 is 2.89 bits per heavy atom. The summed E-state index contributed by atoms with van der Waals surface area (Å²) in [7, 11) is 1.63. The van der Waals surface area contributed by atoms with E-state index < -0.39 is 5.91 Å². The first-order chi connectivity index (χ1) is 13.1. The lowest BCUT2D eigenvalue weighted by atomic mass is 10.2. The highest BCUT2D eigenvalue weighted by Crippen LogP contribution is 2.21. The number of nitrogens with two attached hydrogens (primary N) is 1. The van der Waals surface area contributed by atoms with Crippen LogP contribution in [0.1, 0.15) is 21.0 Å². The molecule has 142 valence electrons. The summed E-state index contributed by atoms with van der Waals surface area (Å²) in [5, 5.41) is 5.95. The maximum Gasteiger partial charge on any atom is 0.271 e. The molecule has 10 nitrogen and oxygen atoms in total. The topological polar surface area (TPSA) is 137 Å². The number of amides is 2. The fourth-order valence-electron chi connectivity index (χ4n) is 2.52. The number of fused-ring (bicyclic) bond motifs is 1. The molecule has 0 radical (unpaired) electrons. The van der Waals surface area contributed by atoms with Crippen molar-refractivity contribution < 1.29 is 18.7 Å². The van der Waals surface area contributed by atoms with Gasteiger partial charge >= 0.3 is 0 Å². The molecular weight excluding hydrogens is 352 g/mol. The summed E-state index contributed by atoms with van der Waals surface area (Å²) in [4.78, 5) is 32.6. The average molecular weight is 372 g/mol. The highest BCUT2D eigenvalue weighted by molar-refractivity contribution is 5.99. The molecule has 0 unspecified atom stereocenters. The first-order valence-electron chi connectivity index (χ1n) is 8.31. The number of rotatable bonds is 9. The first-order valence-corrected chi connectivity index (χ1v) is 8.31. The van der Waals surface area contributed by atoms with Crippen LogP contribution in [0.2, 0.25) is 0 Å². The van der Waals surface area contributed by atoms with Crippen LogP contribution in [-0.2, 0) is 4.74 Å². The highest BCUT2D eigenvalue weighted by atomic mass is 16.5. The van der Waals surface area contributed by atoms with Crippen LogP contribution in [0.5, 0.6) is 0 Å². The van der Waals surface area contributed by atoms with Crippen LogP contribution in [0.25, 0.3) is 17.1 Å². The monoisotopic (exact) mass is 372 g/mol. The van der Waals surface area contributed by atoms with Crippen LogP contribution in [0.15, 0.2) is 35.2 Å². The SMILES string of the molecule is COCCNCCNC(=O)c1cc(-c2ccco2)nc2c(C(N)=O)ncn12. The fraction of sp³-hybridized carbons (Fsp3) is 0.294. The van der Waals surface area contributed by atoms with Gasteiger partial charge in [-0.3, -0.25) is 14.0 Å². The molecule has 3 heterocycles. The van der Waals surface area contributed by atoms with Crippen molar-refractivity contribution in [2.75, 3.05) is 33.4 Å². The van der Waals surface area contributed by atoms with E-state index in [-0.39, 0.29) is 22.9 Å². The molecule has 0 bridgehead atoms. The number of hydrogen-bond donors (Lipinski definition) is 3. The Balaban J connectivity index is 1.87. The Morgan fingerprint density at radius 2 is 2.19 bits per heavy atom. The zero-order chi connectivity index (χ0) is 19.2. The van der Waals surface area contributed by atoms with Crippen molar-refractivity contribution in [1.29, 1.82) is 0 Å². The van der Waals surface area contributed by atoms with Crippen molar-refractivity contribution in [3.63, 3.8) is 0 Å². The standard InChI is InChI=1S/C17H20N6O4/c1-26-8-6-19-4-5-20-17(25)12-9-11(13-3-2-7-27-13)22-16-14(15(18)24)21-10-23(12)16/h2-3,7,9-10,19H,4-6,8H2,1H3,(H2,18,24)(H,20,25). The zero-order valence-corrected chi connectivity index (χ0v) is 14.8. The summed E-state index contributed by atoms with van der Waals surface area (Å²) in [6, 6.07) is 4.99. The molecule has 0 aromatic carbocycles. The number of hydrogen-bond acceptors (Lipinski definition) is 7. The van der Waals surface area contributed by atoms with E-state index in [1.165, 1.54) is 17.0 Å². The Bertz CT molecular complexity index is 934. The second-order valence-electron chi connectivity index (χ2n) is 5.65. The van der Waals surface area contributed by atoms with Gasteiger partial charge in [0.2, 0.25) is 0 Å². The summed E-state index contributed by atoms with van der Waals surface area (Å²) in [6.45, 7) is 2.29. The molecule has 2 amide bonds. The Morgan fingerprint density at radius 1 is 1.33 bits per heavy atom. The van der Waals surface area contributed by atoms with Crippen LogP contribution < -0.4 is 16.4 Å². The van der Waals surface area contributed by atoms with Crippen LogP contribution in [-0.4, -0.2) is 59.5 Å². The van der Waals surface area contributed by atoms with Crippen LogP contribution in [0.4, 0.5) is 0 Å². The van der Waals surface area contributed by atoms with E-state index in [1.54, 1.807) is 25.3 Å². The summed E-state index contributed by atoms with van der Waals surface area (Å²) in [6.07, 6.45) is 2.85. The van der Waals surface area contributed by atoms with Crippen LogP contribution in [0, 0.1) is 0 Å². The van der Waals surface area contributed by atoms with Crippen LogP contribution in [0.3, 0.4) is 0 Å². The molecule has 4 N–H and O–H groups in total. The third-order valence-corrected chi connectivity index (χ3v) is 3.81. The molecule has 0 spiro atoms. The second-order valence-corrected chi connectivity index (χ2v) is 5.65. The number of primary amides is 1. The van der Waals surface area contributed by atoms with Crippen molar-refractivity contribution >= 4 is 17.5 Å². The zero-order valence-electron chi connectivity index (χ0n) is 14.8. The molecule has 3 aromatic rings. The summed E-state index contributed by atoms with van der Waals surface area (Å²) < 4.78 is 11.7. The van der Waals surface area contributed by atoms with Gasteiger partial charge in [0, 0.05) is 26.7 Å². The number of nitrogens with one attached hydrogen (secondary N) is 2. The minimum absolute atomic E-state index is 0.0151. The number of carbonyl (C=O) groups excluding carboxylic acids is 2. The van der Waals surface area contributed by atoms with Crippen molar-refractivity contribution in [3.8, 4) is 11.5 Å². The number of methoxy groups -OCH3 is 1. The molecule has 10 heteroatoms. The molecule has 0 aliphatic heterocycles. The quantitative estimate of drug-likeness (QED) is 0.452. The van der Waals surface area contributed by atoms with Crippen molar-refractivity contribution in [1.82, 2.24) is 25.0 Å². The predicted octanol–water partition coefficient (Wildman–Crippen LogP) is 0.0540. The molecule has 0 aliphatic rings. The van der Waals surface area contributed by atoms with E-state index in [0.717, 1.165) is 0 Å². The lowest BCUT2D eigenvalue weighted by molar-refractivity contribution is 0.0945. The van der Waals surface area contributed by atoms with Gasteiger partial charge in [0.25, 0.3) is 11.8 Å². The molecule has 0 saturated heterocycles. The number of furan rings is 1. The second kappa shape index (κ2) is 8.43. The maximum absolute atomic E-state index is 12.7. The van der Waals surface area contributed by atoms with E-state index in [9.17, 15) is 9.59 Å². The van der Waals surface area contributed by atoms with Gasteiger partial charge in [0.05, 0.1) is 12.9 Å². The van der Waals surface area contributed by atoms with Gasteiger partial charge in [-0.15, -0.1) is 0 Å². The number of imidazole rings is 1. The summed E-state index contributed by atoms with van der Waals surface area (Å²) in [5.41, 5.74) is 6.21. The first kappa shape index (κ1) is 18.5. The van der Waals surface area contributed by atoms with E-state index in [0.29, 0.717) is 37.7 Å². The molecule has 0 fully saturated rings. The fourth-order valence-corrected chi connectivity index (χ4v) is 2.52. The van der Waals surface area contributed by atoms with E-state index in [4.69, 9.17) is 14.9 Å². The Labute approximate surface area is 154 Å². The molecule has 3 rings (SSSR count). The Kier molecular flexibility index (Phi) is 5.79. The number of nitrogens with zero attached hydrogens (tertiary/aromatic N) is 3. The van der Waals surface area contributed by atoms with Gasteiger partial charge in [-0.25, -0.2) is 9.97 Å². The largest absolute Gasteiger partial charge is 0.463 e. The number of ether oxygens (including phenoxy) is 1. The smallest absolute Gasteiger partial charge is 0.271 e. The molecular formula is C17H20N6O4. The maximum atomic E-state index is 12.7. The van der Waals surface area contributed by atoms with Crippen molar-refractivity contribution in [3.05, 3.63) is 42.2 Å². The van der Waals surface area contributed by atoms with Crippen molar-refractivity contribution in [2.24, 2.45) is 5.73 Å². The van der Waals surface area contributed by atoms with Gasteiger partial charge in [-0.1, -0.05) is 0 Å². The lowest BCUT2D eigenvalue weighted by Gasteiger charge is -2.09. The minimum Gasteiger partial charge on any atom is -0.463 e.